The standard InChI is InChI=1S/C14H26O2S/c1-4-14(8-6-10-17(15)12-14)7-5-9-16-11-13(2)3/h11H,4-10,12H2,1-3H3. The van der Waals surface area contributed by atoms with E-state index in [-0.39, 0.29) is 0 Å². The highest BCUT2D eigenvalue weighted by Crippen LogP contribution is 2.37. The number of ether oxygens (including phenoxy) is 1. The molecule has 0 aromatic carbocycles. The number of hydrogen-bond acceptors (Lipinski definition) is 2. The third-order valence-electron chi connectivity index (χ3n) is 3.58. The van der Waals surface area contributed by atoms with Gasteiger partial charge in [0.1, 0.15) is 0 Å². The van der Waals surface area contributed by atoms with Crippen LogP contribution in [0.15, 0.2) is 11.8 Å². The molecule has 0 amide bonds. The van der Waals surface area contributed by atoms with E-state index >= 15 is 0 Å². The molecule has 1 saturated heterocycles. The molecule has 2 unspecified atom stereocenters. The molecule has 1 aliphatic heterocycles. The van der Waals surface area contributed by atoms with Gasteiger partial charge in [0.15, 0.2) is 0 Å². The van der Waals surface area contributed by atoms with Crippen LogP contribution in [0, 0.1) is 5.41 Å². The summed E-state index contributed by atoms with van der Waals surface area (Å²) in [6.45, 7) is 7.11. The van der Waals surface area contributed by atoms with Crippen molar-refractivity contribution in [2.75, 3.05) is 18.1 Å². The van der Waals surface area contributed by atoms with Crippen molar-refractivity contribution in [3.05, 3.63) is 11.8 Å². The second-order valence-corrected chi connectivity index (χ2v) is 6.99. The summed E-state index contributed by atoms with van der Waals surface area (Å²) in [6.07, 6.45) is 7.60. The summed E-state index contributed by atoms with van der Waals surface area (Å²) in [6, 6.07) is 0. The monoisotopic (exact) mass is 258 g/mol. The van der Waals surface area contributed by atoms with Crippen molar-refractivity contribution in [1.82, 2.24) is 0 Å². The maximum absolute atomic E-state index is 11.7. The summed E-state index contributed by atoms with van der Waals surface area (Å²) in [5.41, 5.74) is 1.53. The summed E-state index contributed by atoms with van der Waals surface area (Å²) < 4.78 is 17.2. The Hall–Kier alpha value is -0.310. The molecule has 0 aromatic rings. The highest BCUT2D eigenvalue weighted by atomic mass is 32.2. The van der Waals surface area contributed by atoms with E-state index in [2.05, 4.69) is 6.92 Å². The van der Waals surface area contributed by atoms with Crippen molar-refractivity contribution < 1.29 is 8.95 Å². The lowest BCUT2D eigenvalue weighted by Gasteiger charge is -2.36. The zero-order chi connectivity index (χ0) is 12.7. The van der Waals surface area contributed by atoms with E-state index in [4.69, 9.17) is 4.74 Å². The average molecular weight is 258 g/mol. The van der Waals surface area contributed by atoms with Gasteiger partial charge in [0.25, 0.3) is 0 Å². The van der Waals surface area contributed by atoms with Crippen molar-refractivity contribution in [1.29, 1.82) is 0 Å². The number of hydrogen-bond donors (Lipinski definition) is 0. The van der Waals surface area contributed by atoms with Crippen LogP contribution in [0.25, 0.3) is 0 Å². The lowest BCUT2D eigenvalue weighted by Crippen LogP contribution is -2.33. The van der Waals surface area contributed by atoms with Gasteiger partial charge in [-0.15, -0.1) is 0 Å². The van der Waals surface area contributed by atoms with Crippen molar-refractivity contribution >= 4 is 10.8 Å². The lowest BCUT2D eigenvalue weighted by molar-refractivity contribution is 0.191. The highest BCUT2D eigenvalue weighted by molar-refractivity contribution is 7.85. The summed E-state index contributed by atoms with van der Waals surface area (Å²) >= 11 is 0. The maximum atomic E-state index is 11.7. The van der Waals surface area contributed by atoms with E-state index in [0.29, 0.717) is 5.41 Å². The van der Waals surface area contributed by atoms with Crippen LogP contribution in [-0.2, 0) is 15.5 Å². The molecule has 2 nitrogen and oxygen atoms in total. The van der Waals surface area contributed by atoms with E-state index in [1.807, 2.05) is 20.1 Å². The molecule has 2 atom stereocenters. The van der Waals surface area contributed by atoms with Crippen molar-refractivity contribution in [3.63, 3.8) is 0 Å². The van der Waals surface area contributed by atoms with Gasteiger partial charge in [-0.25, -0.2) is 0 Å². The van der Waals surface area contributed by atoms with Crippen LogP contribution in [0.1, 0.15) is 52.9 Å². The van der Waals surface area contributed by atoms with Crippen molar-refractivity contribution in [2.24, 2.45) is 5.41 Å². The van der Waals surface area contributed by atoms with E-state index in [1.165, 1.54) is 12.0 Å². The first-order chi connectivity index (χ1) is 8.08. The van der Waals surface area contributed by atoms with Crippen LogP contribution in [0.2, 0.25) is 0 Å². The molecule has 1 heterocycles. The minimum Gasteiger partial charge on any atom is -0.501 e. The fourth-order valence-corrected chi connectivity index (χ4v) is 4.29. The maximum Gasteiger partial charge on any atom is 0.0873 e. The predicted octanol–water partition coefficient (Wildman–Crippen LogP) is 3.65. The Balaban J connectivity index is 2.31. The van der Waals surface area contributed by atoms with Gasteiger partial charge >= 0.3 is 0 Å². The zero-order valence-electron chi connectivity index (χ0n) is 11.5. The highest BCUT2D eigenvalue weighted by Gasteiger charge is 2.32. The van der Waals surface area contributed by atoms with Gasteiger partial charge in [-0.3, -0.25) is 4.21 Å². The largest absolute Gasteiger partial charge is 0.501 e. The van der Waals surface area contributed by atoms with E-state index in [1.54, 1.807) is 0 Å². The smallest absolute Gasteiger partial charge is 0.0873 e. The fraction of sp³-hybridized carbons (Fsp3) is 0.857. The second-order valence-electron chi connectivity index (χ2n) is 5.41. The van der Waals surface area contributed by atoms with Crippen LogP contribution < -0.4 is 0 Å². The molecule has 3 heteroatoms. The first-order valence-corrected chi connectivity index (χ1v) is 8.17. The van der Waals surface area contributed by atoms with Gasteiger partial charge in [-0.05, 0) is 56.9 Å². The van der Waals surface area contributed by atoms with Crippen LogP contribution in [0.3, 0.4) is 0 Å². The first kappa shape index (κ1) is 14.7. The molecule has 0 aliphatic carbocycles. The molecule has 17 heavy (non-hydrogen) atoms. The molecule has 0 aromatic heterocycles. The molecular formula is C14H26O2S. The van der Waals surface area contributed by atoms with Gasteiger partial charge in [0.2, 0.25) is 0 Å². The lowest BCUT2D eigenvalue weighted by atomic mass is 9.78. The molecule has 1 fully saturated rings. The Bertz CT molecular complexity index is 282. The molecule has 100 valence electrons. The SMILES string of the molecule is CCC1(CCCOC=C(C)C)CCCS(=O)C1. The van der Waals surface area contributed by atoms with E-state index < -0.39 is 10.8 Å². The molecule has 1 aliphatic rings. The minimum atomic E-state index is -0.577. The zero-order valence-corrected chi connectivity index (χ0v) is 12.3. The van der Waals surface area contributed by atoms with Crippen LogP contribution in [-0.4, -0.2) is 22.3 Å². The molecule has 0 bridgehead atoms. The van der Waals surface area contributed by atoms with Crippen LogP contribution in [0.4, 0.5) is 0 Å². The predicted molar refractivity (Wildman–Crippen MR) is 74.5 cm³/mol. The van der Waals surface area contributed by atoms with Crippen molar-refractivity contribution in [3.8, 4) is 0 Å². The Kier molecular flexibility index (Phi) is 6.24. The molecule has 0 spiro atoms. The average Bonchev–Trinajstić information content (AvgIpc) is 2.28. The quantitative estimate of drug-likeness (QED) is 0.537. The molecule has 0 N–H and O–H groups in total. The fourth-order valence-electron chi connectivity index (χ4n) is 2.50. The molecule has 0 radical (unpaired) electrons. The van der Waals surface area contributed by atoms with Gasteiger partial charge in [0, 0.05) is 22.3 Å². The third-order valence-corrected chi connectivity index (χ3v) is 5.26. The van der Waals surface area contributed by atoms with Crippen LogP contribution in [0.5, 0.6) is 0 Å². The summed E-state index contributed by atoms with van der Waals surface area (Å²) in [7, 11) is -0.577. The van der Waals surface area contributed by atoms with Gasteiger partial charge in [-0.1, -0.05) is 6.92 Å². The summed E-state index contributed by atoms with van der Waals surface area (Å²) in [4.78, 5) is 0. The number of allylic oxidation sites excluding steroid dienone is 1. The Morgan fingerprint density at radius 2 is 2.24 bits per heavy atom. The second kappa shape index (κ2) is 7.20. The molecule has 1 rings (SSSR count). The van der Waals surface area contributed by atoms with Gasteiger partial charge in [-0.2, -0.15) is 0 Å². The minimum absolute atomic E-state index is 0.331. The summed E-state index contributed by atoms with van der Waals surface area (Å²) in [5, 5.41) is 0. The topological polar surface area (TPSA) is 26.3 Å². The van der Waals surface area contributed by atoms with E-state index in [9.17, 15) is 4.21 Å². The number of rotatable bonds is 6. The normalized spacial score (nSPS) is 28.8. The Labute approximate surface area is 108 Å². The first-order valence-electron chi connectivity index (χ1n) is 6.68. The van der Waals surface area contributed by atoms with Crippen LogP contribution >= 0.6 is 0 Å². The molecular weight excluding hydrogens is 232 g/mol. The Morgan fingerprint density at radius 3 is 2.82 bits per heavy atom. The van der Waals surface area contributed by atoms with Gasteiger partial charge in [0.05, 0.1) is 12.9 Å². The van der Waals surface area contributed by atoms with Crippen molar-refractivity contribution in [2.45, 2.75) is 52.9 Å². The molecule has 0 saturated carbocycles. The van der Waals surface area contributed by atoms with E-state index in [0.717, 1.165) is 43.8 Å². The van der Waals surface area contributed by atoms with Gasteiger partial charge < -0.3 is 4.74 Å². The summed E-state index contributed by atoms with van der Waals surface area (Å²) in [5.74, 6) is 1.82. The third kappa shape index (κ3) is 5.24. The Morgan fingerprint density at radius 1 is 1.47 bits per heavy atom.